The summed E-state index contributed by atoms with van der Waals surface area (Å²) in [6.07, 6.45) is 2.93. The number of amidine groups is 1. The van der Waals surface area contributed by atoms with Crippen LogP contribution in [0.5, 0.6) is 0 Å². The lowest BCUT2D eigenvalue weighted by molar-refractivity contribution is -0.0438. The predicted octanol–water partition coefficient (Wildman–Crippen LogP) is 3.27. The van der Waals surface area contributed by atoms with Crippen LogP contribution in [0.15, 0.2) is 53.5 Å². The molecule has 2 aromatic carbocycles. The summed E-state index contributed by atoms with van der Waals surface area (Å²) in [6, 6.07) is 16.0. The third-order valence-electron chi connectivity index (χ3n) is 6.18. The first kappa shape index (κ1) is 16.8. The van der Waals surface area contributed by atoms with Crippen molar-refractivity contribution in [3.05, 3.63) is 71.0 Å². The van der Waals surface area contributed by atoms with Crippen molar-refractivity contribution in [3.8, 4) is 0 Å². The van der Waals surface area contributed by atoms with Crippen LogP contribution in [0.1, 0.15) is 35.6 Å². The number of benzene rings is 2. The summed E-state index contributed by atoms with van der Waals surface area (Å²) in [5.74, 6) is 0.333. The van der Waals surface area contributed by atoms with Crippen LogP contribution in [0.2, 0.25) is 0 Å². The van der Waals surface area contributed by atoms with Crippen molar-refractivity contribution in [2.75, 3.05) is 19.6 Å². The molecule has 0 aromatic heterocycles. The second kappa shape index (κ2) is 6.34. The van der Waals surface area contributed by atoms with Gasteiger partial charge in [-0.05, 0) is 60.5 Å². The Morgan fingerprint density at radius 3 is 2.70 bits per heavy atom. The largest absolute Gasteiger partial charge is 0.457 e. The van der Waals surface area contributed by atoms with E-state index < -0.39 is 0 Å². The number of fused-ring (bicyclic) bond motifs is 1. The minimum atomic E-state index is -0.218. The monoisotopic (exact) mass is 365 g/mol. The fourth-order valence-corrected chi connectivity index (χ4v) is 4.77. The summed E-state index contributed by atoms with van der Waals surface area (Å²) < 4.78 is 19.9. The number of ether oxygens (including phenoxy) is 1. The topological polar surface area (TPSA) is 50.8 Å². The average molecular weight is 365 g/mol. The van der Waals surface area contributed by atoms with Gasteiger partial charge in [0.1, 0.15) is 11.4 Å². The van der Waals surface area contributed by atoms with Gasteiger partial charge in [-0.3, -0.25) is 0 Å². The molecule has 0 amide bonds. The first-order valence-corrected chi connectivity index (χ1v) is 9.71. The summed E-state index contributed by atoms with van der Waals surface area (Å²) in [4.78, 5) is 7.03. The zero-order valence-electron chi connectivity index (χ0n) is 15.3. The Labute approximate surface area is 158 Å². The highest BCUT2D eigenvalue weighted by Gasteiger charge is 2.50. The highest BCUT2D eigenvalue weighted by atomic mass is 19.1. The SMILES string of the molecule is NCC1CC2(CN=C(N3CCc4ccccc4[C@@H]3c3ccc(F)cc3)O2)C1. The summed E-state index contributed by atoms with van der Waals surface area (Å²) in [5, 5.41) is 0. The van der Waals surface area contributed by atoms with E-state index in [9.17, 15) is 4.39 Å². The summed E-state index contributed by atoms with van der Waals surface area (Å²) in [5.41, 5.74) is 9.28. The molecule has 2 N–H and O–H groups in total. The zero-order chi connectivity index (χ0) is 18.4. The summed E-state index contributed by atoms with van der Waals surface area (Å²) in [7, 11) is 0. The van der Waals surface area contributed by atoms with Gasteiger partial charge in [-0.15, -0.1) is 0 Å². The van der Waals surface area contributed by atoms with Crippen molar-refractivity contribution in [2.45, 2.75) is 30.9 Å². The van der Waals surface area contributed by atoms with Gasteiger partial charge in [-0.1, -0.05) is 36.4 Å². The molecule has 1 spiro atoms. The van der Waals surface area contributed by atoms with E-state index in [2.05, 4.69) is 29.2 Å². The van der Waals surface area contributed by atoms with Crippen molar-refractivity contribution >= 4 is 6.02 Å². The molecule has 27 heavy (non-hydrogen) atoms. The van der Waals surface area contributed by atoms with Crippen LogP contribution in [0, 0.1) is 11.7 Å². The number of nitrogens with zero attached hydrogens (tertiary/aromatic N) is 2. The Hall–Kier alpha value is -2.40. The first-order valence-electron chi connectivity index (χ1n) is 9.71. The van der Waals surface area contributed by atoms with Crippen molar-refractivity contribution < 1.29 is 9.13 Å². The number of hydrogen-bond donors (Lipinski definition) is 1. The molecule has 5 rings (SSSR count). The number of aliphatic imine (C=N–C) groups is 1. The molecule has 5 heteroatoms. The Bertz CT molecular complexity index is 873. The van der Waals surface area contributed by atoms with E-state index in [4.69, 9.17) is 15.5 Å². The van der Waals surface area contributed by atoms with Gasteiger partial charge in [0, 0.05) is 6.54 Å². The first-order chi connectivity index (χ1) is 13.2. The third-order valence-corrected chi connectivity index (χ3v) is 6.18. The molecule has 2 aromatic rings. The third kappa shape index (κ3) is 2.81. The molecular weight excluding hydrogens is 341 g/mol. The summed E-state index contributed by atoms with van der Waals surface area (Å²) in [6.45, 7) is 2.27. The Morgan fingerprint density at radius 2 is 1.93 bits per heavy atom. The molecule has 0 radical (unpaired) electrons. The van der Waals surface area contributed by atoms with Gasteiger partial charge in [0.05, 0.1) is 12.6 Å². The lowest BCUT2D eigenvalue weighted by Gasteiger charge is -2.45. The number of halogens is 1. The molecule has 2 aliphatic heterocycles. The fraction of sp³-hybridized carbons (Fsp3) is 0.409. The number of hydrogen-bond acceptors (Lipinski definition) is 4. The van der Waals surface area contributed by atoms with E-state index >= 15 is 0 Å². The lowest BCUT2D eigenvalue weighted by Crippen LogP contribution is -2.51. The predicted molar refractivity (Wildman–Crippen MR) is 103 cm³/mol. The van der Waals surface area contributed by atoms with E-state index in [0.717, 1.165) is 43.9 Å². The highest BCUT2D eigenvalue weighted by molar-refractivity contribution is 5.78. The quantitative estimate of drug-likeness (QED) is 0.889. The molecule has 140 valence electrons. The second-order valence-electron chi connectivity index (χ2n) is 7.99. The van der Waals surface area contributed by atoms with Gasteiger partial charge in [-0.2, -0.15) is 0 Å². The van der Waals surface area contributed by atoms with E-state index in [1.54, 1.807) is 0 Å². The molecule has 4 nitrogen and oxygen atoms in total. The molecule has 0 unspecified atom stereocenters. The van der Waals surface area contributed by atoms with Crippen LogP contribution in [0.4, 0.5) is 4.39 Å². The minimum Gasteiger partial charge on any atom is -0.457 e. The van der Waals surface area contributed by atoms with Gasteiger partial charge in [0.2, 0.25) is 0 Å². The number of nitrogens with two attached hydrogens (primary N) is 1. The number of rotatable bonds is 2. The van der Waals surface area contributed by atoms with Crippen molar-refractivity contribution in [1.29, 1.82) is 0 Å². The molecule has 1 saturated carbocycles. The normalized spacial score (nSPS) is 29.1. The van der Waals surface area contributed by atoms with E-state index in [1.807, 2.05) is 12.1 Å². The molecule has 1 fully saturated rings. The standard InChI is InChI=1S/C22H24FN3O/c23-18-7-5-17(6-8-18)20-19-4-2-1-3-16(19)9-10-26(20)21-25-14-22(27-21)11-15(12-22)13-24/h1-8,15,20H,9-14,24H2/t15?,20-,22?/m0/s1. The van der Waals surface area contributed by atoms with Crippen molar-refractivity contribution in [3.63, 3.8) is 0 Å². The average Bonchev–Trinajstić information content (AvgIpc) is 3.12. The van der Waals surface area contributed by atoms with E-state index in [0.29, 0.717) is 12.5 Å². The van der Waals surface area contributed by atoms with Gasteiger partial charge in [0.15, 0.2) is 0 Å². The molecule has 1 aliphatic carbocycles. The minimum absolute atomic E-state index is 0.00479. The highest BCUT2D eigenvalue weighted by Crippen LogP contribution is 2.45. The van der Waals surface area contributed by atoms with Crippen molar-refractivity contribution in [1.82, 2.24) is 4.90 Å². The second-order valence-corrected chi connectivity index (χ2v) is 7.99. The Kier molecular flexibility index (Phi) is 3.93. The molecule has 1 atom stereocenters. The van der Waals surface area contributed by atoms with Crippen LogP contribution in [0.3, 0.4) is 0 Å². The maximum Gasteiger partial charge on any atom is 0.288 e. The lowest BCUT2D eigenvalue weighted by atomic mass is 9.71. The maximum atomic E-state index is 13.5. The van der Waals surface area contributed by atoms with E-state index in [1.165, 1.54) is 23.3 Å². The molecule has 0 saturated heterocycles. The van der Waals surface area contributed by atoms with Gasteiger partial charge >= 0.3 is 0 Å². The van der Waals surface area contributed by atoms with Crippen LogP contribution >= 0.6 is 0 Å². The molecule has 0 bridgehead atoms. The Morgan fingerprint density at radius 1 is 1.15 bits per heavy atom. The summed E-state index contributed by atoms with van der Waals surface area (Å²) >= 11 is 0. The fourth-order valence-electron chi connectivity index (χ4n) is 4.77. The van der Waals surface area contributed by atoms with Crippen LogP contribution in [0.25, 0.3) is 0 Å². The smallest absolute Gasteiger partial charge is 0.288 e. The van der Waals surface area contributed by atoms with Crippen LogP contribution < -0.4 is 5.73 Å². The van der Waals surface area contributed by atoms with Gasteiger partial charge < -0.3 is 15.4 Å². The molecule has 3 aliphatic rings. The van der Waals surface area contributed by atoms with Gasteiger partial charge in [-0.25, -0.2) is 9.38 Å². The van der Waals surface area contributed by atoms with E-state index in [-0.39, 0.29) is 17.5 Å². The Balaban J connectivity index is 1.47. The van der Waals surface area contributed by atoms with Crippen LogP contribution in [-0.2, 0) is 11.2 Å². The molecular formula is C22H24FN3O. The van der Waals surface area contributed by atoms with Gasteiger partial charge in [0.25, 0.3) is 6.02 Å². The molecule has 2 heterocycles. The maximum absolute atomic E-state index is 13.5. The van der Waals surface area contributed by atoms with Crippen molar-refractivity contribution in [2.24, 2.45) is 16.6 Å². The zero-order valence-corrected chi connectivity index (χ0v) is 15.3. The van der Waals surface area contributed by atoms with Crippen LogP contribution in [-0.4, -0.2) is 36.2 Å².